The quantitative estimate of drug-likeness (QED) is 0.787. The van der Waals surface area contributed by atoms with E-state index in [1.165, 1.54) is 6.07 Å². The van der Waals surface area contributed by atoms with Crippen molar-refractivity contribution in [2.24, 2.45) is 0 Å². The third-order valence-electron chi connectivity index (χ3n) is 1.97. The average molecular weight is 202 g/mol. The SMILES string of the molecule is CCC(C)Nc1c(F)cccc1Cl. The van der Waals surface area contributed by atoms with Gasteiger partial charge in [0, 0.05) is 6.04 Å². The molecule has 0 aliphatic rings. The Bertz CT molecular complexity index is 268. The Labute approximate surface area is 82.9 Å². The summed E-state index contributed by atoms with van der Waals surface area (Å²) in [6.45, 7) is 4.02. The Hall–Kier alpha value is -0.760. The van der Waals surface area contributed by atoms with Crippen LogP contribution in [0.5, 0.6) is 0 Å². The van der Waals surface area contributed by atoms with Crippen LogP contribution in [-0.2, 0) is 0 Å². The zero-order valence-electron chi connectivity index (χ0n) is 7.77. The Morgan fingerprint density at radius 1 is 1.54 bits per heavy atom. The molecule has 0 fully saturated rings. The summed E-state index contributed by atoms with van der Waals surface area (Å²) in [6.07, 6.45) is 0.935. The van der Waals surface area contributed by atoms with Gasteiger partial charge >= 0.3 is 0 Å². The summed E-state index contributed by atoms with van der Waals surface area (Å²) in [5.41, 5.74) is 0.401. The molecule has 0 bridgehead atoms. The number of hydrogen-bond acceptors (Lipinski definition) is 1. The first kappa shape index (κ1) is 10.3. The molecule has 0 aliphatic heterocycles. The van der Waals surface area contributed by atoms with E-state index in [-0.39, 0.29) is 11.9 Å². The van der Waals surface area contributed by atoms with Crippen LogP contribution in [0.1, 0.15) is 20.3 Å². The van der Waals surface area contributed by atoms with Gasteiger partial charge in [0.2, 0.25) is 0 Å². The summed E-state index contributed by atoms with van der Waals surface area (Å²) in [5, 5.41) is 3.45. The first-order valence-corrected chi connectivity index (χ1v) is 4.73. The van der Waals surface area contributed by atoms with E-state index in [1.807, 2.05) is 13.8 Å². The number of nitrogens with one attached hydrogen (secondary N) is 1. The Kier molecular flexibility index (Phi) is 3.55. The minimum absolute atomic E-state index is 0.231. The standard InChI is InChI=1S/C10H13ClFN/c1-3-7(2)13-10-8(11)5-4-6-9(10)12/h4-7,13H,3H2,1-2H3. The Morgan fingerprint density at radius 3 is 2.77 bits per heavy atom. The molecule has 72 valence electrons. The second-order valence-corrected chi connectivity index (χ2v) is 3.46. The second kappa shape index (κ2) is 4.47. The molecule has 0 saturated heterocycles. The van der Waals surface area contributed by atoms with E-state index in [9.17, 15) is 4.39 Å². The van der Waals surface area contributed by atoms with Crippen molar-refractivity contribution in [2.45, 2.75) is 26.3 Å². The molecule has 1 nitrogen and oxygen atoms in total. The zero-order chi connectivity index (χ0) is 9.84. The van der Waals surface area contributed by atoms with Crippen LogP contribution in [0.3, 0.4) is 0 Å². The van der Waals surface area contributed by atoms with Gasteiger partial charge in [0.1, 0.15) is 5.82 Å². The Balaban J connectivity index is 2.87. The number of para-hydroxylation sites is 1. The maximum atomic E-state index is 13.2. The topological polar surface area (TPSA) is 12.0 Å². The van der Waals surface area contributed by atoms with Gasteiger partial charge in [-0.05, 0) is 25.5 Å². The zero-order valence-corrected chi connectivity index (χ0v) is 8.53. The lowest BCUT2D eigenvalue weighted by Crippen LogP contribution is -2.14. The lowest BCUT2D eigenvalue weighted by Gasteiger charge is -2.14. The lowest BCUT2D eigenvalue weighted by molar-refractivity contribution is 0.625. The molecule has 1 atom stereocenters. The van der Waals surface area contributed by atoms with Crippen LogP contribution < -0.4 is 5.32 Å². The summed E-state index contributed by atoms with van der Waals surface area (Å²) in [6, 6.07) is 4.90. The molecule has 1 aromatic rings. The van der Waals surface area contributed by atoms with Gasteiger partial charge in [-0.2, -0.15) is 0 Å². The van der Waals surface area contributed by atoms with Crippen LogP contribution in [0, 0.1) is 5.82 Å². The van der Waals surface area contributed by atoms with Gasteiger partial charge in [-0.1, -0.05) is 24.6 Å². The van der Waals surface area contributed by atoms with Crippen LogP contribution >= 0.6 is 11.6 Å². The number of benzene rings is 1. The van der Waals surface area contributed by atoms with E-state index in [0.29, 0.717) is 10.7 Å². The predicted octanol–water partition coefficient (Wildman–Crippen LogP) is 3.69. The van der Waals surface area contributed by atoms with Crippen LogP contribution in [-0.4, -0.2) is 6.04 Å². The van der Waals surface area contributed by atoms with Crippen molar-refractivity contribution in [3.63, 3.8) is 0 Å². The third-order valence-corrected chi connectivity index (χ3v) is 2.28. The molecule has 0 aliphatic carbocycles. The molecule has 3 heteroatoms. The first-order valence-electron chi connectivity index (χ1n) is 4.35. The summed E-state index contributed by atoms with van der Waals surface area (Å²) < 4.78 is 13.2. The molecule has 1 N–H and O–H groups in total. The van der Waals surface area contributed by atoms with Crippen LogP contribution in [0.25, 0.3) is 0 Å². The summed E-state index contributed by atoms with van der Waals surface area (Å²) in [7, 11) is 0. The van der Waals surface area contributed by atoms with Crippen LogP contribution in [0.4, 0.5) is 10.1 Å². The van der Waals surface area contributed by atoms with Gasteiger partial charge in [0.25, 0.3) is 0 Å². The van der Waals surface area contributed by atoms with Crippen molar-refractivity contribution in [1.82, 2.24) is 0 Å². The van der Waals surface area contributed by atoms with Crippen LogP contribution in [0.2, 0.25) is 5.02 Å². The minimum atomic E-state index is -0.298. The average Bonchev–Trinajstić information content (AvgIpc) is 2.11. The fraction of sp³-hybridized carbons (Fsp3) is 0.400. The number of rotatable bonds is 3. The lowest BCUT2D eigenvalue weighted by atomic mass is 10.2. The van der Waals surface area contributed by atoms with Gasteiger partial charge < -0.3 is 5.32 Å². The second-order valence-electron chi connectivity index (χ2n) is 3.05. The molecular weight excluding hydrogens is 189 g/mol. The summed E-state index contributed by atoms with van der Waals surface area (Å²) >= 11 is 5.83. The van der Waals surface area contributed by atoms with Crippen molar-refractivity contribution < 1.29 is 4.39 Å². The maximum Gasteiger partial charge on any atom is 0.147 e. The highest BCUT2D eigenvalue weighted by Gasteiger charge is 2.07. The highest BCUT2D eigenvalue weighted by molar-refractivity contribution is 6.33. The van der Waals surface area contributed by atoms with E-state index in [4.69, 9.17) is 11.6 Å². The molecule has 1 aromatic carbocycles. The fourth-order valence-corrected chi connectivity index (χ4v) is 1.20. The maximum absolute atomic E-state index is 13.2. The molecular formula is C10H13ClFN. The third kappa shape index (κ3) is 2.59. The highest BCUT2D eigenvalue weighted by Crippen LogP contribution is 2.25. The molecule has 0 saturated carbocycles. The van der Waals surface area contributed by atoms with Crippen molar-refractivity contribution in [3.05, 3.63) is 29.0 Å². The molecule has 0 aromatic heterocycles. The normalized spacial score (nSPS) is 12.6. The monoisotopic (exact) mass is 201 g/mol. The van der Waals surface area contributed by atoms with Crippen molar-refractivity contribution in [3.8, 4) is 0 Å². The summed E-state index contributed by atoms with van der Waals surface area (Å²) in [4.78, 5) is 0. The number of halogens is 2. The molecule has 1 rings (SSSR count). The smallest absolute Gasteiger partial charge is 0.147 e. The largest absolute Gasteiger partial charge is 0.379 e. The van der Waals surface area contributed by atoms with Gasteiger partial charge in [-0.25, -0.2) is 4.39 Å². The van der Waals surface area contributed by atoms with E-state index in [1.54, 1.807) is 12.1 Å². The van der Waals surface area contributed by atoms with Crippen molar-refractivity contribution >= 4 is 17.3 Å². The van der Waals surface area contributed by atoms with E-state index >= 15 is 0 Å². The summed E-state index contributed by atoms with van der Waals surface area (Å²) in [5.74, 6) is -0.298. The molecule has 13 heavy (non-hydrogen) atoms. The Morgan fingerprint density at radius 2 is 2.23 bits per heavy atom. The van der Waals surface area contributed by atoms with Crippen molar-refractivity contribution in [1.29, 1.82) is 0 Å². The first-order chi connectivity index (χ1) is 6.15. The fourth-order valence-electron chi connectivity index (χ4n) is 0.984. The van der Waals surface area contributed by atoms with E-state index in [2.05, 4.69) is 5.32 Å². The van der Waals surface area contributed by atoms with Gasteiger partial charge in [0.15, 0.2) is 0 Å². The van der Waals surface area contributed by atoms with Gasteiger partial charge in [-0.3, -0.25) is 0 Å². The number of hydrogen-bond donors (Lipinski definition) is 1. The highest BCUT2D eigenvalue weighted by atomic mass is 35.5. The predicted molar refractivity (Wildman–Crippen MR) is 54.8 cm³/mol. The molecule has 0 radical (unpaired) electrons. The van der Waals surface area contributed by atoms with Crippen LogP contribution in [0.15, 0.2) is 18.2 Å². The van der Waals surface area contributed by atoms with E-state index < -0.39 is 0 Å². The van der Waals surface area contributed by atoms with Gasteiger partial charge in [0.05, 0.1) is 10.7 Å². The van der Waals surface area contributed by atoms with Crippen molar-refractivity contribution in [2.75, 3.05) is 5.32 Å². The molecule has 0 spiro atoms. The minimum Gasteiger partial charge on any atom is -0.379 e. The van der Waals surface area contributed by atoms with E-state index in [0.717, 1.165) is 6.42 Å². The van der Waals surface area contributed by atoms with Gasteiger partial charge in [-0.15, -0.1) is 0 Å². The molecule has 0 heterocycles. The molecule has 0 amide bonds. The molecule has 1 unspecified atom stereocenters. The number of anilines is 1.